The van der Waals surface area contributed by atoms with E-state index in [-0.39, 0.29) is 24.5 Å². The zero-order chi connectivity index (χ0) is 23.2. The maximum absolute atomic E-state index is 12.7. The molecule has 0 spiro atoms. The predicted molar refractivity (Wildman–Crippen MR) is 121 cm³/mol. The normalized spacial score (nSPS) is 10.7. The highest BCUT2D eigenvalue weighted by Gasteiger charge is 2.19. The monoisotopic (exact) mass is 465 g/mol. The number of nitrogens with one attached hydrogen (secondary N) is 1. The van der Waals surface area contributed by atoms with Gasteiger partial charge in [-0.25, -0.2) is 14.8 Å². The minimum atomic E-state index is -0.690. The number of benzene rings is 2. The predicted octanol–water partition coefficient (Wildman–Crippen LogP) is 3.85. The fraction of sp³-hybridized carbons (Fsp3) is 0.174. The first-order chi connectivity index (χ1) is 16.0. The van der Waals surface area contributed by atoms with Crippen molar-refractivity contribution in [3.8, 4) is 11.5 Å². The third-order valence-electron chi connectivity index (χ3n) is 4.43. The number of anilines is 1. The van der Waals surface area contributed by atoms with Crippen molar-refractivity contribution < 1.29 is 28.3 Å². The van der Waals surface area contributed by atoms with Crippen molar-refractivity contribution in [3.63, 3.8) is 0 Å². The highest BCUT2D eigenvalue weighted by Crippen LogP contribution is 2.27. The lowest BCUT2D eigenvalue weighted by Gasteiger charge is -2.07. The van der Waals surface area contributed by atoms with Gasteiger partial charge in [-0.3, -0.25) is 14.9 Å². The fourth-order valence-corrected chi connectivity index (χ4v) is 3.73. The van der Waals surface area contributed by atoms with E-state index in [1.807, 2.05) is 18.2 Å². The van der Waals surface area contributed by atoms with Crippen LogP contribution < -0.4 is 5.32 Å². The summed E-state index contributed by atoms with van der Waals surface area (Å²) in [5.74, 6) is -1.36. The summed E-state index contributed by atoms with van der Waals surface area (Å²) < 4.78 is 15.8. The summed E-state index contributed by atoms with van der Waals surface area (Å²) in [5, 5.41) is 4.49. The van der Waals surface area contributed by atoms with Gasteiger partial charge in [-0.05, 0) is 31.2 Å². The van der Waals surface area contributed by atoms with Gasteiger partial charge in [0.2, 0.25) is 5.89 Å². The van der Waals surface area contributed by atoms with Gasteiger partial charge in [0.25, 0.3) is 5.91 Å². The molecule has 0 radical (unpaired) electrons. The first-order valence-corrected chi connectivity index (χ1v) is 10.9. The van der Waals surface area contributed by atoms with Crippen molar-refractivity contribution in [2.45, 2.75) is 13.3 Å². The van der Waals surface area contributed by atoms with Gasteiger partial charge >= 0.3 is 11.9 Å². The number of amides is 1. The Bertz CT molecular complexity index is 1280. The van der Waals surface area contributed by atoms with Gasteiger partial charge in [-0.1, -0.05) is 24.3 Å². The molecule has 0 atom stereocenters. The van der Waals surface area contributed by atoms with Crippen molar-refractivity contribution in [2.24, 2.45) is 0 Å². The van der Waals surface area contributed by atoms with Crippen molar-refractivity contribution >= 4 is 45.4 Å². The number of hydrogen-bond acceptors (Lipinski definition) is 9. The van der Waals surface area contributed by atoms with E-state index < -0.39 is 24.5 Å². The van der Waals surface area contributed by atoms with Crippen LogP contribution in [0.25, 0.3) is 22.6 Å². The Hall–Kier alpha value is -4.05. The van der Waals surface area contributed by atoms with E-state index in [0.717, 1.165) is 11.3 Å². The van der Waals surface area contributed by atoms with Crippen LogP contribution in [0.15, 0.2) is 58.3 Å². The van der Waals surface area contributed by atoms with Crippen LogP contribution in [0.1, 0.15) is 23.0 Å². The largest absolute Gasteiger partial charge is 0.466 e. The van der Waals surface area contributed by atoms with Gasteiger partial charge in [0, 0.05) is 5.38 Å². The van der Waals surface area contributed by atoms with Gasteiger partial charge in [0.15, 0.2) is 17.3 Å². The second kappa shape index (κ2) is 10.0. The number of carbonyl (C=O) groups excluding carboxylic acids is 3. The molecule has 0 aliphatic heterocycles. The number of ether oxygens (including phenoxy) is 2. The number of hydrogen-bond donors (Lipinski definition) is 1. The maximum Gasteiger partial charge on any atom is 0.339 e. The van der Waals surface area contributed by atoms with E-state index in [1.54, 1.807) is 42.6 Å². The minimum Gasteiger partial charge on any atom is -0.466 e. The molecular weight excluding hydrogens is 446 g/mol. The molecule has 10 heteroatoms. The Morgan fingerprint density at radius 1 is 1.03 bits per heavy atom. The second-order valence-corrected chi connectivity index (χ2v) is 7.64. The molecule has 1 N–H and O–H groups in total. The van der Waals surface area contributed by atoms with Crippen molar-refractivity contribution in [1.82, 2.24) is 9.97 Å². The summed E-state index contributed by atoms with van der Waals surface area (Å²) in [4.78, 5) is 45.0. The zero-order valence-electron chi connectivity index (χ0n) is 17.6. The Kier molecular flexibility index (Phi) is 6.75. The smallest absolute Gasteiger partial charge is 0.339 e. The zero-order valence-corrected chi connectivity index (χ0v) is 18.4. The van der Waals surface area contributed by atoms with Crippen molar-refractivity contribution in [2.75, 3.05) is 18.5 Å². The first kappa shape index (κ1) is 22.2. The Morgan fingerprint density at radius 2 is 1.82 bits per heavy atom. The van der Waals surface area contributed by atoms with Gasteiger partial charge in [0.05, 0.1) is 29.8 Å². The molecule has 2 aromatic carbocycles. The third kappa shape index (κ3) is 5.42. The molecule has 0 aliphatic rings. The molecule has 0 bridgehead atoms. The minimum absolute atomic E-state index is 0.0157. The third-order valence-corrected chi connectivity index (χ3v) is 5.24. The molecule has 4 aromatic rings. The van der Waals surface area contributed by atoms with Crippen LogP contribution in [-0.2, 0) is 25.5 Å². The summed E-state index contributed by atoms with van der Waals surface area (Å²) in [6.45, 7) is 1.50. The quantitative estimate of drug-likeness (QED) is 0.390. The number of thiazole rings is 1. The van der Waals surface area contributed by atoms with E-state index in [4.69, 9.17) is 13.9 Å². The second-order valence-electron chi connectivity index (χ2n) is 6.78. The lowest BCUT2D eigenvalue weighted by Crippen LogP contribution is -2.21. The summed E-state index contributed by atoms with van der Waals surface area (Å²) in [5.41, 5.74) is 2.44. The highest BCUT2D eigenvalue weighted by molar-refractivity contribution is 7.13. The van der Waals surface area contributed by atoms with E-state index in [1.165, 1.54) is 0 Å². The molecule has 0 saturated heterocycles. The molecule has 2 aromatic heterocycles. The molecule has 9 nitrogen and oxygen atoms in total. The molecule has 2 heterocycles. The van der Waals surface area contributed by atoms with Crippen LogP contribution in [0.2, 0.25) is 0 Å². The number of rotatable bonds is 8. The van der Waals surface area contributed by atoms with E-state index in [0.29, 0.717) is 27.5 Å². The Balaban J connectivity index is 1.38. The molecule has 0 unspecified atom stereocenters. The Labute approximate surface area is 192 Å². The van der Waals surface area contributed by atoms with Gasteiger partial charge < -0.3 is 13.9 Å². The average Bonchev–Trinajstić information content (AvgIpc) is 3.44. The molecule has 0 aliphatic carbocycles. The van der Waals surface area contributed by atoms with E-state index in [9.17, 15) is 14.4 Å². The highest BCUT2D eigenvalue weighted by atomic mass is 32.1. The van der Waals surface area contributed by atoms with Crippen LogP contribution in [0, 0.1) is 0 Å². The number of aromatic nitrogens is 2. The van der Waals surface area contributed by atoms with Crippen LogP contribution in [-0.4, -0.2) is 41.0 Å². The standard InChI is InChI=1S/C23H19N3O6S/c1-2-30-20(28)11-14-13-33-23(24-14)26-19(27)12-31-22(29)16-8-4-3-7-15(16)21-25-17-9-5-6-10-18(17)32-21/h3-10,13H,2,11-12H2,1H3,(H,24,26,27). The molecule has 33 heavy (non-hydrogen) atoms. The molecular formula is C23H19N3O6S. The number of oxazole rings is 1. The number of esters is 2. The molecule has 0 fully saturated rings. The molecule has 1 amide bonds. The van der Waals surface area contributed by atoms with Gasteiger partial charge in [-0.15, -0.1) is 11.3 Å². The Morgan fingerprint density at radius 3 is 2.64 bits per heavy atom. The molecule has 4 rings (SSSR count). The summed E-state index contributed by atoms with van der Waals surface area (Å²) in [6.07, 6.45) is 0.0157. The number of fused-ring (bicyclic) bond motifs is 1. The topological polar surface area (TPSA) is 121 Å². The van der Waals surface area contributed by atoms with E-state index in [2.05, 4.69) is 15.3 Å². The van der Waals surface area contributed by atoms with Crippen molar-refractivity contribution in [1.29, 1.82) is 0 Å². The van der Waals surface area contributed by atoms with Crippen LogP contribution in [0.4, 0.5) is 5.13 Å². The number of para-hydroxylation sites is 2. The maximum atomic E-state index is 12.7. The fourth-order valence-electron chi connectivity index (χ4n) is 3.00. The summed E-state index contributed by atoms with van der Waals surface area (Å²) in [7, 11) is 0. The number of carbonyl (C=O) groups is 3. The van der Waals surface area contributed by atoms with E-state index >= 15 is 0 Å². The molecule has 168 valence electrons. The van der Waals surface area contributed by atoms with Crippen LogP contribution >= 0.6 is 11.3 Å². The lowest BCUT2D eigenvalue weighted by molar-refractivity contribution is -0.142. The SMILES string of the molecule is CCOC(=O)Cc1csc(NC(=O)COC(=O)c2ccccc2-c2nc3ccccc3o2)n1. The lowest BCUT2D eigenvalue weighted by atomic mass is 10.1. The average molecular weight is 465 g/mol. The van der Waals surface area contributed by atoms with Crippen molar-refractivity contribution in [3.05, 3.63) is 65.2 Å². The van der Waals surface area contributed by atoms with Gasteiger partial charge in [0.1, 0.15) is 5.52 Å². The van der Waals surface area contributed by atoms with Crippen LogP contribution in [0.5, 0.6) is 0 Å². The molecule has 0 saturated carbocycles. The van der Waals surface area contributed by atoms with Crippen LogP contribution in [0.3, 0.4) is 0 Å². The summed E-state index contributed by atoms with van der Waals surface area (Å²) in [6, 6.07) is 14.0. The summed E-state index contributed by atoms with van der Waals surface area (Å²) >= 11 is 1.16. The number of nitrogens with zero attached hydrogens (tertiary/aromatic N) is 2. The first-order valence-electron chi connectivity index (χ1n) is 10.1. The van der Waals surface area contributed by atoms with Gasteiger partial charge in [-0.2, -0.15) is 0 Å².